The molecule has 5 nitrogen and oxygen atoms in total. The number of carbonyl (C=O) groups excluding carboxylic acids is 2. The lowest BCUT2D eigenvalue weighted by atomic mass is 10.2. The van der Waals surface area contributed by atoms with Crippen LogP contribution in [0.4, 0.5) is 17.1 Å². The van der Waals surface area contributed by atoms with E-state index in [1.807, 2.05) is 56.3 Å². The lowest BCUT2D eigenvalue weighted by molar-refractivity contribution is -0.117. The molecule has 0 spiro atoms. The fourth-order valence-electron chi connectivity index (χ4n) is 2.57. The van der Waals surface area contributed by atoms with Gasteiger partial charge in [0.1, 0.15) is 0 Å². The van der Waals surface area contributed by atoms with Crippen LogP contribution in [-0.2, 0) is 9.59 Å². The summed E-state index contributed by atoms with van der Waals surface area (Å²) in [5.41, 5.74) is 3.33. The van der Waals surface area contributed by atoms with Gasteiger partial charge in [0.2, 0.25) is 11.8 Å². The van der Waals surface area contributed by atoms with Crippen LogP contribution in [0.5, 0.6) is 0 Å². The molecule has 0 heterocycles. The molecular weight excluding hydrogens is 350 g/mol. The van der Waals surface area contributed by atoms with Gasteiger partial charge in [-0.15, -0.1) is 0 Å². The number of rotatable bonds is 6. The lowest BCUT2D eigenvalue weighted by Crippen LogP contribution is -2.32. The van der Waals surface area contributed by atoms with Crippen LogP contribution in [0.3, 0.4) is 0 Å². The summed E-state index contributed by atoms with van der Waals surface area (Å²) >= 11 is 6.07. The number of amides is 2. The summed E-state index contributed by atoms with van der Waals surface area (Å²) in [7, 11) is 3.92. The van der Waals surface area contributed by atoms with Crippen molar-refractivity contribution in [3.63, 3.8) is 0 Å². The monoisotopic (exact) mass is 373 g/mol. The molecule has 0 aromatic heterocycles. The summed E-state index contributed by atoms with van der Waals surface area (Å²) in [6.45, 7) is 3.66. The molecule has 138 valence electrons. The highest BCUT2D eigenvalue weighted by atomic mass is 35.5. The largest absolute Gasteiger partial charge is 0.378 e. The number of halogens is 1. The van der Waals surface area contributed by atoms with Gasteiger partial charge < -0.3 is 15.1 Å². The van der Waals surface area contributed by atoms with Crippen molar-refractivity contribution in [2.45, 2.75) is 20.3 Å². The normalized spacial score (nSPS) is 10.3. The number of hydrogen-bond donors (Lipinski definition) is 1. The predicted octanol–water partition coefficient (Wildman–Crippen LogP) is 4.10. The maximum atomic E-state index is 12.3. The number of carbonyl (C=O) groups is 2. The van der Waals surface area contributed by atoms with Gasteiger partial charge in [0.25, 0.3) is 0 Å². The molecule has 2 aromatic carbocycles. The Hall–Kier alpha value is -2.53. The number of nitrogens with one attached hydrogen (secondary N) is 1. The molecule has 0 atom stereocenters. The Morgan fingerprint density at radius 2 is 1.65 bits per heavy atom. The van der Waals surface area contributed by atoms with Gasteiger partial charge in [0.05, 0.1) is 0 Å². The smallest absolute Gasteiger partial charge is 0.226 e. The summed E-state index contributed by atoms with van der Waals surface area (Å²) in [6.07, 6.45) is 0.195. The van der Waals surface area contributed by atoms with Crippen molar-refractivity contribution < 1.29 is 9.59 Å². The first-order valence-electron chi connectivity index (χ1n) is 8.40. The summed E-state index contributed by atoms with van der Waals surface area (Å²) in [4.78, 5) is 27.9. The van der Waals surface area contributed by atoms with Crippen LogP contribution in [0, 0.1) is 6.92 Å². The Morgan fingerprint density at radius 1 is 1.04 bits per heavy atom. The SMILES string of the molecule is CC(=O)N(CCC(=O)Nc1cccc(Cl)c1C)c1ccc(N(C)C)cc1. The molecule has 0 aliphatic heterocycles. The minimum atomic E-state index is -0.161. The molecule has 26 heavy (non-hydrogen) atoms. The third kappa shape index (κ3) is 4.99. The molecule has 0 saturated carbocycles. The van der Waals surface area contributed by atoms with Gasteiger partial charge in [-0.05, 0) is 48.9 Å². The summed E-state index contributed by atoms with van der Waals surface area (Å²) in [6, 6.07) is 13.0. The lowest BCUT2D eigenvalue weighted by Gasteiger charge is -2.22. The molecule has 2 aromatic rings. The Balaban J connectivity index is 2.03. The van der Waals surface area contributed by atoms with E-state index in [-0.39, 0.29) is 18.2 Å². The van der Waals surface area contributed by atoms with Gasteiger partial charge in [-0.1, -0.05) is 17.7 Å². The molecule has 0 aliphatic rings. The zero-order chi connectivity index (χ0) is 19.3. The second-order valence-corrected chi connectivity index (χ2v) is 6.70. The quantitative estimate of drug-likeness (QED) is 0.829. The average Bonchev–Trinajstić information content (AvgIpc) is 2.59. The molecule has 1 N–H and O–H groups in total. The molecule has 0 fully saturated rings. The van der Waals surface area contributed by atoms with E-state index in [9.17, 15) is 9.59 Å². The van der Waals surface area contributed by atoms with Gasteiger partial charge in [-0.3, -0.25) is 9.59 Å². The first-order chi connectivity index (χ1) is 12.3. The van der Waals surface area contributed by atoms with Crippen molar-refractivity contribution >= 4 is 40.5 Å². The van der Waals surface area contributed by atoms with Crippen molar-refractivity contribution in [2.24, 2.45) is 0 Å². The van der Waals surface area contributed by atoms with Crippen molar-refractivity contribution in [2.75, 3.05) is 35.8 Å². The molecule has 0 unspecified atom stereocenters. The topological polar surface area (TPSA) is 52.7 Å². The van der Waals surface area contributed by atoms with Gasteiger partial charge in [0.15, 0.2) is 0 Å². The van der Waals surface area contributed by atoms with Gasteiger partial charge in [0, 0.05) is 56.1 Å². The van der Waals surface area contributed by atoms with E-state index in [1.54, 1.807) is 17.0 Å². The molecule has 0 aliphatic carbocycles. The van der Waals surface area contributed by atoms with E-state index < -0.39 is 0 Å². The second-order valence-electron chi connectivity index (χ2n) is 6.29. The van der Waals surface area contributed by atoms with E-state index >= 15 is 0 Å². The summed E-state index contributed by atoms with van der Waals surface area (Å²) in [5, 5.41) is 3.46. The molecule has 0 saturated heterocycles. The van der Waals surface area contributed by atoms with Crippen LogP contribution in [-0.4, -0.2) is 32.5 Å². The standard InChI is InChI=1S/C20H24ClN3O2/c1-14-18(21)6-5-7-19(14)22-20(26)12-13-24(15(2)25)17-10-8-16(9-11-17)23(3)4/h5-11H,12-13H2,1-4H3,(H,22,26). The third-order valence-corrected chi connectivity index (χ3v) is 4.57. The molecule has 0 bridgehead atoms. The van der Waals surface area contributed by atoms with Gasteiger partial charge in [-0.25, -0.2) is 0 Å². The van der Waals surface area contributed by atoms with Crippen LogP contribution in [0.25, 0.3) is 0 Å². The highest BCUT2D eigenvalue weighted by Crippen LogP contribution is 2.23. The maximum Gasteiger partial charge on any atom is 0.226 e. The first-order valence-corrected chi connectivity index (χ1v) is 8.78. The van der Waals surface area contributed by atoms with Crippen molar-refractivity contribution in [3.8, 4) is 0 Å². The zero-order valence-electron chi connectivity index (χ0n) is 15.5. The number of hydrogen-bond acceptors (Lipinski definition) is 3. The van der Waals surface area contributed by atoms with Crippen molar-refractivity contribution in [1.82, 2.24) is 0 Å². The molecular formula is C20H24ClN3O2. The van der Waals surface area contributed by atoms with E-state index in [0.717, 1.165) is 16.9 Å². The highest BCUT2D eigenvalue weighted by Gasteiger charge is 2.14. The number of nitrogens with zero attached hydrogens (tertiary/aromatic N) is 2. The van der Waals surface area contributed by atoms with Crippen molar-refractivity contribution in [1.29, 1.82) is 0 Å². The molecule has 2 amide bonds. The first kappa shape index (κ1) is 19.8. The van der Waals surface area contributed by atoms with E-state index in [2.05, 4.69) is 5.32 Å². The molecule has 0 radical (unpaired) electrons. The van der Waals surface area contributed by atoms with Crippen molar-refractivity contribution in [3.05, 3.63) is 53.1 Å². The number of benzene rings is 2. The highest BCUT2D eigenvalue weighted by molar-refractivity contribution is 6.31. The maximum absolute atomic E-state index is 12.3. The Kier molecular flexibility index (Phi) is 6.64. The molecule has 2 rings (SSSR count). The van der Waals surface area contributed by atoms with Crippen LogP contribution in [0.15, 0.2) is 42.5 Å². The number of anilines is 3. The second kappa shape index (κ2) is 8.72. The van der Waals surface area contributed by atoms with Crippen LogP contribution < -0.4 is 15.1 Å². The Morgan fingerprint density at radius 3 is 2.23 bits per heavy atom. The van der Waals surface area contributed by atoms with Crippen LogP contribution >= 0.6 is 11.6 Å². The van der Waals surface area contributed by atoms with Gasteiger partial charge in [-0.2, -0.15) is 0 Å². The van der Waals surface area contributed by atoms with E-state index in [0.29, 0.717) is 17.3 Å². The van der Waals surface area contributed by atoms with Crippen LogP contribution in [0.2, 0.25) is 5.02 Å². The summed E-state index contributed by atoms with van der Waals surface area (Å²) < 4.78 is 0. The zero-order valence-corrected chi connectivity index (χ0v) is 16.3. The Labute approximate surface area is 159 Å². The molecule has 6 heteroatoms. The minimum Gasteiger partial charge on any atom is -0.378 e. The fourth-order valence-corrected chi connectivity index (χ4v) is 2.74. The van der Waals surface area contributed by atoms with Crippen LogP contribution in [0.1, 0.15) is 18.9 Å². The third-order valence-electron chi connectivity index (χ3n) is 4.16. The van der Waals surface area contributed by atoms with E-state index in [1.165, 1.54) is 6.92 Å². The van der Waals surface area contributed by atoms with Gasteiger partial charge >= 0.3 is 0 Å². The predicted molar refractivity (Wildman–Crippen MR) is 108 cm³/mol. The minimum absolute atomic E-state index is 0.102. The Bertz CT molecular complexity index is 788. The fraction of sp³-hybridized carbons (Fsp3) is 0.300. The average molecular weight is 374 g/mol. The summed E-state index contributed by atoms with van der Waals surface area (Å²) in [5.74, 6) is -0.263. The van der Waals surface area contributed by atoms with E-state index in [4.69, 9.17) is 11.6 Å².